The van der Waals surface area contributed by atoms with E-state index in [1.165, 1.54) is 0 Å². The summed E-state index contributed by atoms with van der Waals surface area (Å²) in [5.74, 6) is 0.0154. The Bertz CT molecular complexity index is 210. The monoisotopic (exact) mass is 260 g/mol. The van der Waals surface area contributed by atoms with Gasteiger partial charge in [0.25, 0.3) is 0 Å². The van der Waals surface area contributed by atoms with Crippen molar-refractivity contribution in [3.8, 4) is 0 Å². The maximum Gasteiger partial charge on any atom is 0.160 e. The summed E-state index contributed by atoms with van der Waals surface area (Å²) < 4.78 is 16.9. The van der Waals surface area contributed by atoms with E-state index in [1.54, 1.807) is 0 Å². The molecule has 1 N–H and O–H groups in total. The van der Waals surface area contributed by atoms with E-state index in [0.717, 1.165) is 38.9 Å². The molecule has 1 aliphatic heterocycles. The number of ether oxygens (including phenoxy) is 3. The molecule has 0 amide bonds. The summed E-state index contributed by atoms with van der Waals surface area (Å²) in [4.78, 5) is 0. The van der Waals surface area contributed by atoms with E-state index in [-0.39, 0.29) is 18.1 Å². The van der Waals surface area contributed by atoms with E-state index in [4.69, 9.17) is 14.2 Å². The number of unbranched alkanes of at least 4 members (excludes halogenated alkanes) is 2. The van der Waals surface area contributed by atoms with Crippen molar-refractivity contribution < 1.29 is 19.3 Å². The average Bonchev–Trinajstić information content (AvgIpc) is 2.63. The third kappa shape index (κ3) is 4.84. The van der Waals surface area contributed by atoms with Gasteiger partial charge in [-0.1, -0.05) is 33.6 Å². The Morgan fingerprint density at radius 3 is 2.44 bits per heavy atom. The smallest absolute Gasteiger partial charge is 0.160 e. The van der Waals surface area contributed by atoms with Crippen LogP contribution in [0.3, 0.4) is 0 Å². The highest BCUT2D eigenvalue weighted by Crippen LogP contribution is 2.28. The van der Waals surface area contributed by atoms with Gasteiger partial charge in [-0.3, -0.25) is 0 Å². The first-order valence-corrected chi connectivity index (χ1v) is 7.23. The molecular weight excluding hydrogens is 232 g/mol. The molecule has 1 heterocycles. The van der Waals surface area contributed by atoms with Crippen LogP contribution in [-0.2, 0) is 14.2 Å². The molecule has 18 heavy (non-hydrogen) atoms. The molecule has 0 saturated carbocycles. The van der Waals surface area contributed by atoms with Crippen molar-refractivity contribution in [3.05, 3.63) is 0 Å². The van der Waals surface area contributed by atoms with Crippen molar-refractivity contribution in [2.24, 2.45) is 5.92 Å². The van der Waals surface area contributed by atoms with E-state index in [1.807, 2.05) is 6.92 Å². The Kier molecular flexibility index (Phi) is 7.82. The lowest BCUT2D eigenvalue weighted by Gasteiger charge is -2.21. The summed E-state index contributed by atoms with van der Waals surface area (Å²) in [6.07, 6.45) is 3.44. The Labute approximate surface area is 111 Å². The standard InChI is InChI=1S/C14H28O4/c1-4-6-8-16-10-12-13(17-9-7-5-2)11(3)14(15)18-12/h11-15H,4-10H2,1-3H3/t11-,12+,13-,14?/m0/s1. The molecule has 4 nitrogen and oxygen atoms in total. The van der Waals surface area contributed by atoms with Crippen LogP contribution >= 0.6 is 0 Å². The van der Waals surface area contributed by atoms with Gasteiger partial charge in [-0.05, 0) is 12.8 Å². The zero-order chi connectivity index (χ0) is 13.4. The Balaban J connectivity index is 2.32. The molecule has 1 aliphatic rings. The molecule has 4 heteroatoms. The van der Waals surface area contributed by atoms with Crippen LogP contribution in [0, 0.1) is 5.92 Å². The van der Waals surface area contributed by atoms with E-state index in [9.17, 15) is 5.11 Å². The molecule has 1 saturated heterocycles. The highest BCUT2D eigenvalue weighted by atomic mass is 16.6. The van der Waals surface area contributed by atoms with Gasteiger partial charge in [0.1, 0.15) is 6.10 Å². The van der Waals surface area contributed by atoms with Crippen LogP contribution in [0.4, 0.5) is 0 Å². The van der Waals surface area contributed by atoms with E-state index >= 15 is 0 Å². The SMILES string of the molecule is CCCCOC[C@H]1OC(O)[C@@H](C)[C@@H]1OCCCC. The van der Waals surface area contributed by atoms with Crippen molar-refractivity contribution in [1.29, 1.82) is 0 Å². The lowest BCUT2D eigenvalue weighted by molar-refractivity contribution is -0.125. The van der Waals surface area contributed by atoms with Crippen LogP contribution in [-0.4, -0.2) is 43.4 Å². The largest absolute Gasteiger partial charge is 0.379 e. The van der Waals surface area contributed by atoms with E-state index < -0.39 is 6.29 Å². The molecule has 4 atom stereocenters. The highest BCUT2D eigenvalue weighted by Gasteiger charge is 2.41. The van der Waals surface area contributed by atoms with Gasteiger partial charge in [-0.15, -0.1) is 0 Å². The molecule has 0 aromatic rings. The second-order valence-corrected chi connectivity index (χ2v) is 5.04. The molecule has 0 bridgehead atoms. The molecule has 0 aromatic carbocycles. The van der Waals surface area contributed by atoms with Crippen LogP contribution in [0.2, 0.25) is 0 Å². The Hall–Kier alpha value is -0.160. The highest BCUT2D eigenvalue weighted by molar-refractivity contribution is 4.85. The van der Waals surface area contributed by atoms with Crippen molar-refractivity contribution in [3.63, 3.8) is 0 Å². The summed E-state index contributed by atoms with van der Waals surface area (Å²) in [5, 5.41) is 9.74. The summed E-state index contributed by atoms with van der Waals surface area (Å²) in [5.41, 5.74) is 0. The topological polar surface area (TPSA) is 47.9 Å². The molecule has 0 aromatic heterocycles. The number of hydrogen-bond donors (Lipinski definition) is 1. The fraction of sp³-hybridized carbons (Fsp3) is 1.00. The number of hydrogen-bond acceptors (Lipinski definition) is 4. The van der Waals surface area contributed by atoms with E-state index in [2.05, 4.69) is 13.8 Å². The summed E-state index contributed by atoms with van der Waals surface area (Å²) in [6, 6.07) is 0. The normalized spacial score (nSPS) is 32.0. The first kappa shape index (κ1) is 15.9. The van der Waals surface area contributed by atoms with Crippen molar-refractivity contribution >= 4 is 0 Å². The van der Waals surface area contributed by atoms with Crippen molar-refractivity contribution in [2.45, 2.75) is 65.0 Å². The second-order valence-electron chi connectivity index (χ2n) is 5.04. The minimum atomic E-state index is -0.726. The van der Waals surface area contributed by atoms with Gasteiger partial charge >= 0.3 is 0 Å². The quantitative estimate of drug-likeness (QED) is 0.646. The zero-order valence-electron chi connectivity index (χ0n) is 11.9. The first-order chi connectivity index (χ1) is 8.70. The predicted molar refractivity (Wildman–Crippen MR) is 70.4 cm³/mol. The van der Waals surface area contributed by atoms with Gasteiger partial charge in [0.15, 0.2) is 6.29 Å². The van der Waals surface area contributed by atoms with E-state index in [0.29, 0.717) is 6.61 Å². The third-order valence-electron chi connectivity index (χ3n) is 3.38. The number of aliphatic hydroxyl groups is 1. The number of rotatable bonds is 9. The molecular formula is C14H28O4. The minimum Gasteiger partial charge on any atom is -0.379 e. The Morgan fingerprint density at radius 2 is 1.78 bits per heavy atom. The molecule has 1 rings (SSSR count). The zero-order valence-corrected chi connectivity index (χ0v) is 11.9. The van der Waals surface area contributed by atoms with Crippen molar-refractivity contribution in [1.82, 2.24) is 0 Å². The molecule has 0 aliphatic carbocycles. The lowest BCUT2D eigenvalue weighted by Crippen LogP contribution is -2.33. The average molecular weight is 260 g/mol. The third-order valence-corrected chi connectivity index (χ3v) is 3.38. The molecule has 0 spiro atoms. The van der Waals surface area contributed by atoms with Crippen LogP contribution in [0.1, 0.15) is 46.5 Å². The first-order valence-electron chi connectivity index (χ1n) is 7.23. The fourth-order valence-corrected chi connectivity index (χ4v) is 2.08. The van der Waals surface area contributed by atoms with Crippen molar-refractivity contribution in [2.75, 3.05) is 19.8 Å². The maximum absolute atomic E-state index is 9.74. The van der Waals surface area contributed by atoms with Gasteiger partial charge < -0.3 is 19.3 Å². The van der Waals surface area contributed by atoms with Crippen LogP contribution in [0.25, 0.3) is 0 Å². The van der Waals surface area contributed by atoms with Crippen LogP contribution in [0.5, 0.6) is 0 Å². The maximum atomic E-state index is 9.74. The second kappa shape index (κ2) is 8.86. The van der Waals surface area contributed by atoms with Gasteiger partial charge in [0, 0.05) is 19.1 Å². The molecule has 108 valence electrons. The molecule has 0 radical (unpaired) electrons. The summed E-state index contributed by atoms with van der Waals surface area (Å²) in [6.45, 7) is 8.23. The Morgan fingerprint density at radius 1 is 1.11 bits per heavy atom. The van der Waals surface area contributed by atoms with Gasteiger partial charge in [-0.25, -0.2) is 0 Å². The lowest BCUT2D eigenvalue weighted by atomic mass is 10.0. The minimum absolute atomic E-state index is 0.0154. The number of aliphatic hydroxyl groups excluding tert-OH is 1. The summed E-state index contributed by atoms with van der Waals surface area (Å²) >= 11 is 0. The summed E-state index contributed by atoms with van der Waals surface area (Å²) in [7, 11) is 0. The van der Waals surface area contributed by atoms with Crippen LogP contribution in [0.15, 0.2) is 0 Å². The van der Waals surface area contributed by atoms with Gasteiger partial charge in [0.05, 0.1) is 12.7 Å². The fourth-order valence-electron chi connectivity index (χ4n) is 2.08. The predicted octanol–water partition coefficient (Wildman–Crippen LogP) is 2.34. The van der Waals surface area contributed by atoms with Gasteiger partial charge in [-0.2, -0.15) is 0 Å². The van der Waals surface area contributed by atoms with Gasteiger partial charge in [0.2, 0.25) is 0 Å². The van der Waals surface area contributed by atoms with Crippen LogP contribution < -0.4 is 0 Å². The molecule has 1 fully saturated rings. The molecule has 1 unspecified atom stereocenters.